The van der Waals surface area contributed by atoms with Crippen LogP contribution >= 0.6 is 11.8 Å². The molecule has 1 aromatic rings. The molecular formula is C11H15NS. The van der Waals surface area contributed by atoms with E-state index in [-0.39, 0.29) is 0 Å². The van der Waals surface area contributed by atoms with Gasteiger partial charge in [0.05, 0.1) is 0 Å². The van der Waals surface area contributed by atoms with Crippen molar-refractivity contribution in [1.29, 1.82) is 0 Å². The molecule has 2 atom stereocenters. The Morgan fingerprint density at radius 1 is 1.38 bits per heavy atom. The molecule has 1 aliphatic heterocycles. The molecule has 0 radical (unpaired) electrons. The van der Waals surface area contributed by atoms with E-state index in [4.69, 9.17) is 5.73 Å². The highest BCUT2D eigenvalue weighted by Gasteiger charge is 2.25. The Bertz CT molecular complexity index is 298. The number of aryl methyl sites for hydroxylation is 1. The van der Waals surface area contributed by atoms with E-state index >= 15 is 0 Å². The zero-order valence-electron chi connectivity index (χ0n) is 7.86. The number of thioether (sulfide) groups is 1. The number of benzene rings is 1. The summed E-state index contributed by atoms with van der Waals surface area (Å²) < 4.78 is 0. The minimum Gasteiger partial charge on any atom is -0.326 e. The molecule has 70 valence electrons. The highest BCUT2D eigenvalue weighted by Crippen LogP contribution is 2.31. The first kappa shape index (κ1) is 9.10. The Kier molecular flexibility index (Phi) is 2.61. The van der Waals surface area contributed by atoms with E-state index in [1.54, 1.807) is 0 Å². The van der Waals surface area contributed by atoms with E-state index < -0.39 is 0 Å². The molecule has 0 spiro atoms. The van der Waals surface area contributed by atoms with Crippen molar-refractivity contribution in [3.05, 3.63) is 35.4 Å². The molecule has 2 heteroatoms. The van der Waals surface area contributed by atoms with Gasteiger partial charge in [-0.25, -0.2) is 0 Å². The molecule has 13 heavy (non-hydrogen) atoms. The zero-order chi connectivity index (χ0) is 9.26. The van der Waals surface area contributed by atoms with E-state index in [0.29, 0.717) is 12.0 Å². The topological polar surface area (TPSA) is 26.0 Å². The number of hydrogen-bond donors (Lipinski definition) is 1. The smallest absolute Gasteiger partial charge is 0.0207 e. The van der Waals surface area contributed by atoms with Crippen LogP contribution in [0.25, 0.3) is 0 Å². The van der Waals surface area contributed by atoms with Gasteiger partial charge >= 0.3 is 0 Å². The van der Waals surface area contributed by atoms with Crippen LogP contribution in [0.3, 0.4) is 0 Å². The summed E-state index contributed by atoms with van der Waals surface area (Å²) in [5.41, 5.74) is 8.79. The van der Waals surface area contributed by atoms with Crippen molar-refractivity contribution in [2.24, 2.45) is 5.73 Å². The van der Waals surface area contributed by atoms with E-state index in [0.717, 1.165) is 5.75 Å². The second kappa shape index (κ2) is 3.72. The molecule has 0 bridgehead atoms. The highest BCUT2D eigenvalue weighted by molar-refractivity contribution is 7.99. The molecule has 1 nitrogen and oxygen atoms in total. The normalized spacial score (nSPS) is 27.8. The third-order valence-electron chi connectivity index (χ3n) is 2.59. The second-order valence-corrected chi connectivity index (χ2v) is 4.80. The minimum atomic E-state index is 0.354. The maximum atomic E-state index is 6.04. The molecule has 1 heterocycles. The summed E-state index contributed by atoms with van der Waals surface area (Å²) in [6.07, 6.45) is 0. The molecule has 2 unspecified atom stereocenters. The molecular weight excluding hydrogens is 178 g/mol. The molecule has 0 saturated carbocycles. The van der Waals surface area contributed by atoms with E-state index in [9.17, 15) is 0 Å². The van der Waals surface area contributed by atoms with Gasteiger partial charge in [-0.1, -0.05) is 29.8 Å². The molecule has 1 saturated heterocycles. The largest absolute Gasteiger partial charge is 0.326 e. The van der Waals surface area contributed by atoms with Crippen LogP contribution in [0, 0.1) is 6.92 Å². The second-order valence-electron chi connectivity index (χ2n) is 3.72. The maximum absolute atomic E-state index is 6.04. The minimum absolute atomic E-state index is 0.354. The predicted molar refractivity (Wildman–Crippen MR) is 59.2 cm³/mol. The molecule has 1 aromatic carbocycles. The molecule has 2 N–H and O–H groups in total. The molecule has 0 aliphatic carbocycles. The van der Waals surface area contributed by atoms with Crippen molar-refractivity contribution in [3.63, 3.8) is 0 Å². The molecule has 2 rings (SSSR count). The van der Waals surface area contributed by atoms with Gasteiger partial charge in [-0.2, -0.15) is 11.8 Å². The first-order valence-corrected chi connectivity index (χ1v) is 5.83. The van der Waals surface area contributed by atoms with Gasteiger partial charge in [-0.3, -0.25) is 0 Å². The predicted octanol–water partition coefficient (Wildman–Crippen LogP) is 2.15. The lowest BCUT2D eigenvalue weighted by atomic mass is 9.94. The van der Waals surface area contributed by atoms with E-state index in [1.807, 2.05) is 11.8 Å². The van der Waals surface area contributed by atoms with E-state index in [1.165, 1.54) is 16.9 Å². The zero-order valence-corrected chi connectivity index (χ0v) is 8.68. The van der Waals surface area contributed by atoms with Gasteiger partial charge in [0, 0.05) is 23.5 Å². The fraction of sp³-hybridized carbons (Fsp3) is 0.455. The van der Waals surface area contributed by atoms with Crippen LogP contribution in [0.1, 0.15) is 17.0 Å². The molecule has 1 fully saturated rings. The monoisotopic (exact) mass is 193 g/mol. The van der Waals surface area contributed by atoms with Crippen LogP contribution in [0.5, 0.6) is 0 Å². The Morgan fingerprint density at radius 2 is 2.23 bits per heavy atom. The van der Waals surface area contributed by atoms with Gasteiger partial charge in [0.25, 0.3) is 0 Å². The summed E-state index contributed by atoms with van der Waals surface area (Å²) in [7, 11) is 0. The summed E-state index contributed by atoms with van der Waals surface area (Å²) in [5.74, 6) is 2.87. The summed E-state index contributed by atoms with van der Waals surface area (Å²) in [5, 5.41) is 0. The van der Waals surface area contributed by atoms with Crippen molar-refractivity contribution >= 4 is 11.8 Å². The van der Waals surface area contributed by atoms with Crippen LogP contribution in [-0.4, -0.2) is 17.5 Å². The van der Waals surface area contributed by atoms with Crippen LogP contribution in [0.15, 0.2) is 24.3 Å². The van der Waals surface area contributed by atoms with Gasteiger partial charge in [0.15, 0.2) is 0 Å². The highest BCUT2D eigenvalue weighted by atomic mass is 32.2. The van der Waals surface area contributed by atoms with Crippen LogP contribution < -0.4 is 5.73 Å². The lowest BCUT2D eigenvalue weighted by Crippen LogP contribution is -2.26. The summed E-state index contributed by atoms with van der Waals surface area (Å²) >= 11 is 1.97. The first-order valence-electron chi connectivity index (χ1n) is 4.67. The van der Waals surface area contributed by atoms with Crippen molar-refractivity contribution < 1.29 is 0 Å². The first-order chi connectivity index (χ1) is 6.27. The average Bonchev–Trinajstić information content (AvgIpc) is 2.51. The summed E-state index contributed by atoms with van der Waals surface area (Å²) in [6, 6.07) is 9.07. The Hall–Kier alpha value is -0.470. The van der Waals surface area contributed by atoms with Crippen LogP contribution in [0.4, 0.5) is 0 Å². The van der Waals surface area contributed by atoms with Crippen molar-refractivity contribution in [2.45, 2.75) is 18.9 Å². The third-order valence-corrected chi connectivity index (χ3v) is 3.81. The Balaban J connectivity index is 2.24. The van der Waals surface area contributed by atoms with Crippen LogP contribution in [-0.2, 0) is 0 Å². The standard InChI is InChI=1S/C11H15NS/c1-8-3-2-4-9(5-8)10-6-13-7-11(10)12/h2-5,10-11H,6-7,12H2,1H3. The summed E-state index contributed by atoms with van der Waals surface area (Å²) in [6.45, 7) is 2.14. The van der Waals surface area contributed by atoms with E-state index in [2.05, 4.69) is 31.2 Å². The van der Waals surface area contributed by atoms with Crippen LogP contribution in [0.2, 0.25) is 0 Å². The van der Waals surface area contributed by atoms with Gasteiger partial charge < -0.3 is 5.73 Å². The Morgan fingerprint density at radius 3 is 2.85 bits per heavy atom. The van der Waals surface area contributed by atoms with Crippen molar-refractivity contribution in [1.82, 2.24) is 0 Å². The number of rotatable bonds is 1. The molecule has 0 aromatic heterocycles. The number of hydrogen-bond acceptors (Lipinski definition) is 2. The van der Waals surface area contributed by atoms with Crippen molar-refractivity contribution in [2.75, 3.05) is 11.5 Å². The summed E-state index contributed by atoms with van der Waals surface area (Å²) in [4.78, 5) is 0. The lowest BCUT2D eigenvalue weighted by Gasteiger charge is -2.14. The molecule has 0 amide bonds. The fourth-order valence-corrected chi connectivity index (χ4v) is 3.15. The average molecular weight is 193 g/mol. The van der Waals surface area contributed by atoms with Crippen molar-refractivity contribution in [3.8, 4) is 0 Å². The van der Waals surface area contributed by atoms with Gasteiger partial charge in [-0.05, 0) is 12.5 Å². The SMILES string of the molecule is Cc1cccc(C2CSCC2N)c1. The maximum Gasteiger partial charge on any atom is 0.0207 e. The quantitative estimate of drug-likeness (QED) is 0.739. The van der Waals surface area contributed by atoms with Gasteiger partial charge in [0.2, 0.25) is 0 Å². The van der Waals surface area contributed by atoms with Gasteiger partial charge in [-0.15, -0.1) is 0 Å². The Labute approximate surface area is 83.7 Å². The molecule has 1 aliphatic rings. The third kappa shape index (κ3) is 1.89. The number of nitrogens with two attached hydrogens (primary N) is 1. The van der Waals surface area contributed by atoms with Gasteiger partial charge in [0.1, 0.15) is 0 Å². The lowest BCUT2D eigenvalue weighted by molar-refractivity contribution is 0.653. The fourth-order valence-electron chi connectivity index (χ4n) is 1.82.